The van der Waals surface area contributed by atoms with Crippen molar-refractivity contribution in [3.63, 3.8) is 0 Å². The van der Waals surface area contributed by atoms with Gasteiger partial charge in [-0.1, -0.05) is 50.2 Å². The number of benzene rings is 4. The first-order chi connectivity index (χ1) is 18.9. The van der Waals surface area contributed by atoms with E-state index in [1.165, 1.54) is 0 Å². The van der Waals surface area contributed by atoms with Crippen molar-refractivity contribution in [1.82, 2.24) is 0 Å². The van der Waals surface area contributed by atoms with Crippen LogP contribution in [0.2, 0.25) is 0 Å². The molecule has 6 rings (SSSR count). The van der Waals surface area contributed by atoms with E-state index in [2.05, 4.69) is 62.2 Å². The minimum atomic E-state index is -1.09. The highest BCUT2D eigenvalue weighted by Gasteiger charge is 2.53. The van der Waals surface area contributed by atoms with Crippen molar-refractivity contribution >= 4 is 23.0 Å². The van der Waals surface area contributed by atoms with E-state index >= 15 is 0 Å². The number of para-hydroxylation sites is 1. The Kier molecular flexibility index (Phi) is 6.30. The summed E-state index contributed by atoms with van der Waals surface area (Å²) in [5.74, 6) is 1.72. The fraction of sp³-hybridized carbons (Fsp3) is 0.265. The Morgan fingerprint density at radius 2 is 1.62 bits per heavy atom. The topological polar surface area (TPSA) is 50.8 Å². The minimum absolute atomic E-state index is 0.321. The maximum atomic E-state index is 13.3. The number of fused-ring (bicyclic) bond motifs is 6. The van der Waals surface area contributed by atoms with Gasteiger partial charge in [0.2, 0.25) is 0 Å². The molecule has 0 amide bonds. The second-order valence-corrected chi connectivity index (χ2v) is 10.8. The second-order valence-electron chi connectivity index (χ2n) is 10.8. The molecule has 1 N–H and O–H groups in total. The van der Waals surface area contributed by atoms with Crippen LogP contribution in [0.1, 0.15) is 59.8 Å². The molecule has 5 heteroatoms. The Morgan fingerprint density at radius 1 is 0.872 bits per heavy atom. The number of nitrogens with one attached hydrogen (secondary N) is 1. The molecule has 1 atom stereocenters. The summed E-state index contributed by atoms with van der Waals surface area (Å²) in [4.78, 5) is 15.7. The van der Waals surface area contributed by atoms with Gasteiger partial charge in [-0.3, -0.25) is 0 Å². The van der Waals surface area contributed by atoms with Gasteiger partial charge in [0, 0.05) is 52.9 Å². The molecule has 0 aliphatic carbocycles. The van der Waals surface area contributed by atoms with Gasteiger partial charge >= 0.3 is 5.97 Å². The summed E-state index contributed by atoms with van der Waals surface area (Å²) in [6.45, 7) is 10.6. The summed E-state index contributed by atoms with van der Waals surface area (Å²) in [5, 5.41) is 3.54. The van der Waals surface area contributed by atoms with Crippen LogP contribution in [0.15, 0.2) is 84.9 Å². The van der Waals surface area contributed by atoms with Crippen LogP contribution in [0.25, 0.3) is 0 Å². The molecule has 0 fully saturated rings. The predicted molar refractivity (Wildman–Crippen MR) is 157 cm³/mol. The highest BCUT2D eigenvalue weighted by Crippen LogP contribution is 2.57. The summed E-state index contributed by atoms with van der Waals surface area (Å²) in [5.41, 5.74) is 6.06. The van der Waals surface area contributed by atoms with Crippen molar-refractivity contribution in [3.8, 4) is 11.5 Å². The molecular formula is C34H34N2O3. The summed E-state index contributed by atoms with van der Waals surface area (Å²) < 4.78 is 13.0. The number of esters is 1. The van der Waals surface area contributed by atoms with Crippen LogP contribution >= 0.6 is 0 Å². The summed E-state index contributed by atoms with van der Waals surface area (Å²) >= 11 is 0. The second kappa shape index (κ2) is 9.81. The highest BCUT2D eigenvalue weighted by molar-refractivity contribution is 5.97. The molecule has 4 aromatic carbocycles. The zero-order chi connectivity index (χ0) is 27.1. The maximum Gasteiger partial charge on any atom is 0.340 e. The Balaban J connectivity index is 1.52. The Morgan fingerprint density at radius 3 is 2.38 bits per heavy atom. The zero-order valence-electron chi connectivity index (χ0n) is 23.0. The van der Waals surface area contributed by atoms with Gasteiger partial charge in [0.15, 0.2) is 5.60 Å². The molecule has 2 aliphatic heterocycles. The first kappa shape index (κ1) is 25.1. The number of hydrogen-bond donors (Lipinski definition) is 1. The monoisotopic (exact) mass is 518 g/mol. The van der Waals surface area contributed by atoms with Gasteiger partial charge in [0.25, 0.3) is 0 Å². The number of carbonyl (C=O) groups is 1. The SMILES string of the molecule is CCN(CCC(C)C)c1ccc2c(c1)Oc1cc(C)c(Nc3ccccc3)cc1[C@@]21OC(=O)c2ccccc21. The van der Waals surface area contributed by atoms with Gasteiger partial charge in [-0.25, -0.2) is 4.79 Å². The lowest BCUT2D eigenvalue weighted by Crippen LogP contribution is -2.33. The molecule has 198 valence electrons. The lowest BCUT2D eigenvalue weighted by molar-refractivity contribution is 0.0224. The summed E-state index contributed by atoms with van der Waals surface area (Å²) in [7, 11) is 0. The Labute approximate surface area is 230 Å². The third-order valence-corrected chi connectivity index (χ3v) is 7.82. The average molecular weight is 519 g/mol. The van der Waals surface area contributed by atoms with Crippen molar-refractivity contribution in [2.45, 2.75) is 39.7 Å². The van der Waals surface area contributed by atoms with Gasteiger partial charge in [-0.05, 0) is 74.2 Å². The number of hydrogen-bond acceptors (Lipinski definition) is 5. The van der Waals surface area contributed by atoms with E-state index in [0.29, 0.717) is 17.2 Å². The summed E-state index contributed by atoms with van der Waals surface area (Å²) in [6.07, 6.45) is 1.11. The number of nitrogens with zero attached hydrogens (tertiary/aromatic N) is 1. The molecule has 0 radical (unpaired) electrons. The third kappa shape index (κ3) is 4.22. The number of ether oxygens (including phenoxy) is 2. The Bertz CT molecular complexity index is 1550. The van der Waals surface area contributed by atoms with Crippen molar-refractivity contribution < 1.29 is 14.3 Å². The first-order valence-electron chi connectivity index (χ1n) is 13.8. The molecule has 0 bridgehead atoms. The normalized spacial score (nSPS) is 16.8. The van der Waals surface area contributed by atoms with E-state index in [-0.39, 0.29) is 5.97 Å². The maximum absolute atomic E-state index is 13.3. The van der Waals surface area contributed by atoms with Gasteiger partial charge < -0.3 is 19.7 Å². The largest absolute Gasteiger partial charge is 0.456 e. The molecule has 4 aromatic rings. The van der Waals surface area contributed by atoms with Gasteiger partial charge in [-0.15, -0.1) is 0 Å². The van der Waals surface area contributed by atoms with Crippen molar-refractivity contribution in [1.29, 1.82) is 0 Å². The van der Waals surface area contributed by atoms with Crippen LogP contribution in [-0.2, 0) is 10.3 Å². The van der Waals surface area contributed by atoms with Crippen molar-refractivity contribution in [2.24, 2.45) is 5.92 Å². The standard InChI is InChI=1S/C34H34N2O3/c1-5-36(18-17-22(2)3)25-15-16-28-32(20-25)38-31-19-23(4)30(35-24-11-7-6-8-12-24)21-29(31)34(28)27-14-10-9-13-26(27)33(37)39-34/h6-16,19-22,35H,5,17-18H2,1-4H3/t34-/m0/s1. The average Bonchev–Trinajstić information content (AvgIpc) is 3.23. The fourth-order valence-corrected chi connectivity index (χ4v) is 5.70. The number of rotatable bonds is 7. The van der Waals surface area contributed by atoms with Crippen LogP contribution in [0.4, 0.5) is 17.1 Å². The van der Waals surface area contributed by atoms with E-state index in [1.54, 1.807) is 0 Å². The zero-order valence-corrected chi connectivity index (χ0v) is 23.0. The van der Waals surface area contributed by atoms with Crippen LogP contribution < -0.4 is 15.0 Å². The lowest BCUT2D eigenvalue weighted by Gasteiger charge is -2.38. The van der Waals surface area contributed by atoms with Gasteiger partial charge in [0.05, 0.1) is 5.56 Å². The minimum Gasteiger partial charge on any atom is -0.456 e. The number of aryl methyl sites for hydroxylation is 1. The number of anilines is 3. The highest BCUT2D eigenvalue weighted by atomic mass is 16.6. The number of carbonyl (C=O) groups excluding carboxylic acids is 1. The van der Waals surface area contributed by atoms with E-state index in [4.69, 9.17) is 9.47 Å². The molecule has 5 nitrogen and oxygen atoms in total. The van der Waals surface area contributed by atoms with Gasteiger partial charge in [-0.2, -0.15) is 0 Å². The molecule has 2 aliphatic rings. The fourth-order valence-electron chi connectivity index (χ4n) is 5.70. The molecule has 0 saturated carbocycles. The lowest BCUT2D eigenvalue weighted by atomic mass is 9.77. The smallest absolute Gasteiger partial charge is 0.340 e. The van der Waals surface area contributed by atoms with E-state index in [0.717, 1.165) is 64.6 Å². The predicted octanol–water partition coefficient (Wildman–Crippen LogP) is 8.18. The van der Waals surface area contributed by atoms with E-state index < -0.39 is 5.60 Å². The van der Waals surface area contributed by atoms with Crippen LogP contribution in [0, 0.1) is 12.8 Å². The summed E-state index contributed by atoms with van der Waals surface area (Å²) in [6, 6.07) is 28.2. The molecule has 2 heterocycles. The van der Waals surface area contributed by atoms with Crippen LogP contribution in [0.3, 0.4) is 0 Å². The van der Waals surface area contributed by atoms with Crippen LogP contribution in [-0.4, -0.2) is 19.1 Å². The molecular weight excluding hydrogens is 484 g/mol. The molecule has 0 unspecified atom stereocenters. The van der Waals surface area contributed by atoms with E-state index in [9.17, 15) is 4.79 Å². The van der Waals surface area contributed by atoms with Crippen molar-refractivity contribution in [2.75, 3.05) is 23.3 Å². The molecule has 1 spiro atoms. The van der Waals surface area contributed by atoms with Crippen LogP contribution in [0.5, 0.6) is 11.5 Å². The Hall–Kier alpha value is -4.25. The van der Waals surface area contributed by atoms with E-state index in [1.807, 2.05) is 60.7 Å². The first-order valence-corrected chi connectivity index (χ1v) is 13.8. The van der Waals surface area contributed by atoms with Crippen molar-refractivity contribution in [3.05, 3.63) is 113 Å². The quantitative estimate of drug-likeness (QED) is 0.250. The molecule has 0 saturated heterocycles. The van der Waals surface area contributed by atoms with Gasteiger partial charge in [0.1, 0.15) is 11.5 Å². The molecule has 0 aromatic heterocycles. The molecule has 39 heavy (non-hydrogen) atoms. The third-order valence-electron chi connectivity index (χ3n) is 7.82.